The molecule has 98 valence electrons. The van der Waals surface area contributed by atoms with E-state index in [9.17, 15) is 5.11 Å². The van der Waals surface area contributed by atoms with Gasteiger partial charge in [0, 0.05) is 12.0 Å². The average molecular weight is 267 g/mol. The Morgan fingerprint density at radius 3 is 2.89 bits per heavy atom. The van der Waals surface area contributed by atoms with E-state index in [2.05, 4.69) is 29.1 Å². The van der Waals surface area contributed by atoms with Gasteiger partial charge in [-0.15, -0.1) is 11.3 Å². The van der Waals surface area contributed by atoms with Crippen LogP contribution in [0.1, 0.15) is 10.4 Å². The molecule has 2 aromatic heterocycles. The second kappa shape index (κ2) is 5.60. The third kappa shape index (κ3) is 2.45. The number of fused-ring (bicyclic) bond motifs is 1. The summed E-state index contributed by atoms with van der Waals surface area (Å²) in [6, 6.07) is -0.160. The van der Waals surface area contributed by atoms with Crippen LogP contribution in [0.4, 0.5) is 5.82 Å². The summed E-state index contributed by atoms with van der Waals surface area (Å²) >= 11 is 1.66. The van der Waals surface area contributed by atoms with Crippen LogP contribution in [0.15, 0.2) is 6.33 Å². The van der Waals surface area contributed by atoms with Crippen LogP contribution in [-0.4, -0.2) is 41.4 Å². The molecule has 0 saturated heterocycles. The average Bonchev–Trinajstić information content (AvgIpc) is 2.65. The number of ether oxygens (including phenoxy) is 1. The molecule has 0 fully saturated rings. The summed E-state index contributed by atoms with van der Waals surface area (Å²) < 4.78 is 5.05. The van der Waals surface area contributed by atoms with Crippen LogP contribution in [-0.2, 0) is 4.74 Å². The predicted molar refractivity (Wildman–Crippen MR) is 73.3 cm³/mol. The van der Waals surface area contributed by atoms with Crippen molar-refractivity contribution in [2.75, 3.05) is 25.6 Å². The fraction of sp³-hybridized carbons (Fsp3) is 0.500. The van der Waals surface area contributed by atoms with E-state index in [4.69, 9.17) is 4.74 Å². The lowest BCUT2D eigenvalue weighted by Gasteiger charge is -2.16. The Bertz CT molecular complexity index is 541. The van der Waals surface area contributed by atoms with Gasteiger partial charge in [0.25, 0.3) is 0 Å². The number of methoxy groups -OCH3 is 1. The molecule has 5 nitrogen and oxygen atoms in total. The number of aliphatic hydroxyl groups excluding tert-OH is 1. The Morgan fingerprint density at radius 2 is 2.22 bits per heavy atom. The summed E-state index contributed by atoms with van der Waals surface area (Å²) in [6.07, 6.45) is 1.54. The first-order chi connectivity index (χ1) is 8.67. The van der Waals surface area contributed by atoms with E-state index < -0.39 is 0 Å². The molecule has 2 heterocycles. The Labute approximate surface area is 110 Å². The Hall–Kier alpha value is -1.24. The summed E-state index contributed by atoms with van der Waals surface area (Å²) in [7, 11) is 1.61. The molecular weight excluding hydrogens is 250 g/mol. The van der Waals surface area contributed by atoms with Gasteiger partial charge in [-0.05, 0) is 19.4 Å². The number of nitrogens with one attached hydrogen (secondary N) is 1. The van der Waals surface area contributed by atoms with Crippen molar-refractivity contribution in [3.05, 3.63) is 16.8 Å². The van der Waals surface area contributed by atoms with E-state index >= 15 is 0 Å². The Balaban J connectivity index is 2.38. The first-order valence-electron chi connectivity index (χ1n) is 5.74. The minimum atomic E-state index is -0.160. The highest BCUT2D eigenvalue weighted by Gasteiger charge is 2.14. The third-order valence-electron chi connectivity index (χ3n) is 2.89. The van der Waals surface area contributed by atoms with Gasteiger partial charge < -0.3 is 15.2 Å². The number of nitrogens with zero attached hydrogens (tertiary/aromatic N) is 2. The van der Waals surface area contributed by atoms with Crippen LogP contribution in [0, 0.1) is 13.8 Å². The minimum Gasteiger partial charge on any atom is -0.394 e. The molecule has 1 unspecified atom stereocenters. The van der Waals surface area contributed by atoms with Crippen molar-refractivity contribution >= 4 is 27.4 Å². The maximum atomic E-state index is 9.28. The van der Waals surface area contributed by atoms with Crippen molar-refractivity contribution in [3.63, 3.8) is 0 Å². The van der Waals surface area contributed by atoms with E-state index in [1.54, 1.807) is 24.8 Å². The van der Waals surface area contributed by atoms with Gasteiger partial charge in [-0.1, -0.05) is 0 Å². The number of aliphatic hydroxyl groups is 1. The molecule has 2 N–H and O–H groups in total. The molecule has 0 aliphatic carbocycles. The fourth-order valence-corrected chi connectivity index (χ4v) is 2.82. The molecule has 1 atom stereocenters. The van der Waals surface area contributed by atoms with Crippen molar-refractivity contribution in [2.45, 2.75) is 19.9 Å². The highest BCUT2D eigenvalue weighted by Crippen LogP contribution is 2.32. The summed E-state index contributed by atoms with van der Waals surface area (Å²) in [5.41, 5.74) is 1.19. The van der Waals surface area contributed by atoms with Gasteiger partial charge in [0.15, 0.2) is 0 Å². The molecule has 2 rings (SSSR count). The molecule has 0 aromatic carbocycles. The number of aryl methyl sites for hydroxylation is 2. The van der Waals surface area contributed by atoms with Crippen molar-refractivity contribution in [3.8, 4) is 0 Å². The van der Waals surface area contributed by atoms with Crippen LogP contribution < -0.4 is 5.32 Å². The van der Waals surface area contributed by atoms with E-state index in [-0.39, 0.29) is 12.6 Å². The normalized spacial score (nSPS) is 12.9. The van der Waals surface area contributed by atoms with Gasteiger partial charge in [0.1, 0.15) is 17.0 Å². The number of thiophene rings is 1. The molecule has 0 spiro atoms. The molecule has 0 saturated carbocycles. The van der Waals surface area contributed by atoms with Crippen LogP contribution in [0.25, 0.3) is 10.2 Å². The second-order valence-electron chi connectivity index (χ2n) is 4.16. The largest absolute Gasteiger partial charge is 0.394 e. The SMILES string of the molecule is COCC(CO)Nc1ncnc2sc(C)c(C)c12. The van der Waals surface area contributed by atoms with Crippen LogP contribution in [0.3, 0.4) is 0 Å². The Kier molecular flexibility index (Phi) is 4.11. The smallest absolute Gasteiger partial charge is 0.138 e. The first kappa shape index (κ1) is 13.2. The molecule has 6 heteroatoms. The maximum absolute atomic E-state index is 9.28. The standard InChI is InChI=1S/C12H17N3O2S/c1-7-8(2)18-12-10(7)11(13-6-14-12)15-9(4-16)5-17-3/h6,9,16H,4-5H2,1-3H3,(H,13,14,15). The third-order valence-corrected chi connectivity index (χ3v) is 4.01. The molecule has 0 aliphatic rings. The van der Waals surface area contributed by atoms with Crippen molar-refractivity contribution in [1.82, 2.24) is 9.97 Å². The molecular formula is C12H17N3O2S. The second-order valence-corrected chi connectivity index (χ2v) is 5.37. The first-order valence-corrected chi connectivity index (χ1v) is 6.56. The van der Waals surface area contributed by atoms with E-state index in [0.29, 0.717) is 6.61 Å². The zero-order chi connectivity index (χ0) is 13.1. The monoisotopic (exact) mass is 267 g/mol. The molecule has 0 bridgehead atoms. The molecule has 0 amide bonds. The van der Waals surface area contributed by atoms with Gasteiger partial charge >= 0.3 is 0 Å². The Morgan fingerprint density at radius 1 is 1.44 bits per heavy atom. The highest BCUT2D eigenvalue weighted by molar-refractivity contribution is 7.18. The maximum Gasteiger partial charge on any atom is 0.138 e. The zero-order valence-corrected chi connectivity index (χ0v) is 11.5. The fourth-order valence-electron chi connectivity index (χ4n) is 1.83. The van der Waals surface area contributed by atoms with Gasteiger partial charge in [-0.3, -0.25) is 0 Å². The number of hydrogen-bond acceptors (Lipinski definition) is 6. The minimum absolute atomic E-state index is 0.00149. The summed E-state index contributed by atoms with van der Waals surface area (Å²) in [6.45, 7) is 4.57. The molecule has 0 radical (unpaired) electrons. The van der Waals surface area contributed by atoms with Gasteiger partial charge in [-0.25, -0.2) is 9.97 Å². The zero-order valence-electron chi connectivity index (χ0n) is 10.7. The summed E-state index contributed by atoms with van der Waals surface area (Å²) in [5, 5.41) is 13.5. The van der Waals surface area contributed by atoms with E-state index in [0.717, 1.165) is 16.0 Å². The summed E-state index contributed by atoms with van der Waals surface area (Å²) in [5.74, 6) is 0.762. The lowest BCUT2D eigenvalue weighted by molar-refractivity contribution is 0.153. The topological polar surface area (TPSA) is 67.3 Å². The van der Waals surface area contributed by atoms with Gasteiger partial charge in [0.05, 0.1) is 24.6 Å². The van der Waals surface area contributed by atoms with Gasteiger partial charge in [-0.2, -0.15) is 0 Å². The number of hydrogen-bond donors (Lipinski definition) is 2. The molecule has 2 aromatic rings. The lowest BCUT2D eigenvalue weighted by Crippen LogP contribution is -2.29. The van der Waals surface area contributed by atoms with Crippen LogP contribution in [0.5, 0.6) is 0 Å². The van der Waals surface area contributed by atoms with Crippen molar-refractivity contribution < 1.29 is 9.84 Å². The molecule has 18 heavy (non-hydrogen) atoms. The number of anilines is 1. The van der Waals surface area contributed by atoms with Crippen LogP contribution in [0.2, 0.25) is 0 Å². The van der Waals surface area contributed by atoms with Crippen molar-refractivity contribution in [2.24, 2.45) is 0 Å². The number of rotatable bonds is 5. The highest BCUT2D eigenvalue weighted by atomic mass is 32.1. The molecule has 0 aliphatic heterocycles. The van der Waals surface area contributed by atoms with E-state index in [1.807, 2.05) is 0 Å². The quantitative estimate of drug-likeness (QED) is 0.863. The predicted octanol–water partition coefficient (Wildman–Crippen LogP) is 1.73. The van der Waals surface area contributed by atoms with Crippen molar-refractivity contribution in [1.29, 1.82) is 0 Å². The lowest BCUT2D eigenvalue weighted by atomic mass is 10.2. The number of aromatic nitrogens is 2. The summed E-state index contributed by atoms with van der Waals surface area (Å²) in [4.78, 5) is 10.8. The van der Waals surface area contributed by atoms with Crippen LogP contribution >= 0.6 is 11.3 Å². The van der Waals surface area contributed by atoms with Gasteiger partial charge in [0.2, 0.25) is 0 Å². The van der Waals surface area contributed by atoms with E-state index in [1.165, 1.54) is 10.4 Å².